The fourth-order valence-corrected chi connectivity index (χ4v) is 2.42. The zero-order valence-corrected chi connectivity index (χ0v) is 13.5. The van der Waals surface area contributed by atoms with Crippen LogP contribution in [0.25, 0.3) is 0 Å². The third kappa shape index (κ3) is 3.80. The SMILES string of the molecule is COc1ccc(Cn2ncnc2CNC(C)C)cc1Br. The second-order valence-electron chi connectivity index (χ2n) is 4.84. The number of rotatable bonds is 6. The Bertz CT molecular complexity index is 568. The molecule has 1 heterocycles. The van der Waals surface area contributed by atoms with Crippen LogP contribution in [0.1, 0.15) is 25.2 Å². The lowest BCUT2D eigenvalue weighted by Gasteiger charge is -2.10. The minimum absolute atomic E-state index is 0.426. The van der Waals surface area contributed by atoms with Crippen LogP contribution >= 0.6 is 15.9 Å². The van der Waals surface area contributed by atoms with Crippen molar-refractivity contribution in [3.05, 3.63) is 40.4 Å². The number of aromatic nitrogens is 3. The van der Waals surface area contributed by atoms with Crippen LogP contribution in [0.4, 0.5) is 0 Å². The molecule has 2 rings (SSSR count). The van der Waals surface area contributed by atoms with Gasteiger partial charge in [0.05, 0.1) is 24.7 Å². The summed E-state index contributed by atoms with van der Waals surface area (Å²) in [5, 5.41) is 7.63. The molecule has 108 valence electrons. The lowest BCUT2D eigenvalue weighted by molar-refractivity contribution is 0.412. The van der Waals surface area contributed by atoms with E-state index in [2.05, 4.69) is 45.2 Å². The Balaban J connectivity index is 2.10. The van der Waals surface area contributed by atoms with Gasteiger partial charge in [0, 0.05) is 6.04 Å². The van der Waals surface area contributed by atoms with Gasteiger partial charge in [0.25, 0.3) is 0 Å². The van der Waals surface area contributed by atoms with Crippen molar-refractivity contribution in [2.45, 2.75) is 33.0 Å². The molecule has 0 saturated heterocycles. The topological polar surface area (TPSA) is 52.0 Å². The van der Waals surface area contributed by atoms with Crippen LogP contribution in [0.2, 0.25) is 0 Å². The summed E-state index contributed by atoms with van der Waals surface area (Å²) in [6.45, 7) is 5.63. The largest absolute Gasteiger partial charge is 0.496 e. The quantitative estimate of drug-likeness (QED) is 0.879. The van der Waals surface area contributed by atoms with Gasteiger partial charge in [0.15, 0.2) is 0 Å². The first-order valence-corrected chi connectivity index (χ1v) is 7.32. The Kier molecular flexibility index (Phi) is 5.14. The number of ether oxygens (including phenoxy) is 1. The van der Waals surface area contributed by atoms with E-state index in [1.54, 1.807) is 13.4 Å². The van der Waals surface area contributed by atoms with E-state index >= 15 is 0 Å². The van der Waals surface area contributed by atoms with E-state index in [-0.39, 0.29) is 0 Å². The first kappa shape index (κ1) is 15.0. The van der Waals surface area contributed by atoms with E-state index < -0.39 is 0 Å². The average molecular weight is 339 g/mol. The second-order valence-corrected chi connectivity index (χ2v) is 5.69. The van der Waals surface area contributed by atoms with Gasteiger partial charge >= 0.3 is 0 Å². The predicted octanol–water partition coefficient (Wildman–Crippen LogP) is 2.60. The van der Waals surface area contributed by atoms with Crippen molar-refractivity contribution >= 4 is 15.9 Å². The van der Waals surface area contributed by atoms with Gasteiger partial charge in [-0.2, -0.15) is 5.10 Å². The number of hydrogen-bond acceptors (Lipinski definition) is 4. The highest BCUT2D eigenvalue weighted by molar-refractivity contribution is 9.10. The molecule has 1 N–H and O–H groups in total. The van der Waals surface area contributed by atoms with E-state index in [9.17, 15) is 0 Å². The van der Waals surface area contributed by atoms with Gasteiger partial charge in [-0.15, -0.1) is 0 Å². The Hall–Kier alpha value is -1.40. The lowest BCUT2D eigenvalue weighted by atomic mass is 10.2. The minimum atomic E-state index is 0.426. The van der Waals surface area contributed by atoms with Crippen molar-refractivity contribution in [1.82, 2.24) is 20.1 Å². The normalized spacial score (nSPS) is 11.1. The van der Waals surface area contributed by atoms with Crippen LogP contribution in [0.3, 0.4) is 0 Å². The molecule has 1 aromatic heterocycles. The molecule has 0 amide bonds. The summed E-state index contributed by atoms with van der Waals surface area (Å²) in [5.41, 5.74) is 1.15. The highest BCUT2D eigenvalue weighted by Crippen LogP contribution is 2.25. The van der Waals surface area contributed by atoms with E-state index in [1.165, 1.54) is 0 Å². The third-order valence-electron chi connectivity index (χ3n) is 2.91. The molecule has 0 aliphatic rings. The molecule has 0 aliphatic heterocycles. The maximum Gasteiger partial charge on any atom is 0.141 e. The maximum absolute atomic E-state index is 5.23. The fraction of sp³-hybridized carbons (Fsp3) is 0.429. The molecule has 0 fully saturated rings. The summed E-state index contributed by atoms with van der Waals surface area (Å²) in [6, 6.07) is 6.45. The highest BCUT2D eigenvalue weighted by Gasteiger charge is 2.07. The molecule has 0 unspecified atom stereocenters. The summed E-state index contributed by atoms with van der Waals surface area (Å²) in [5.74, 6) is 1.76. The molecule has 0 bridgehead atoms. The summed E-state index contributed by atoms with van der Waals surface area (Å²) >= 11 is 3.50. The van der Waals surface area contributed by atoms with Gasteiger partial charge in [0.1, 0.15) is 17.9 Å². The summed E-state index contributed by atoms with van der Waals surface area (Å²) in [7, 11) is 1.66. The molecule has 0 spiro atoms. The van der Waals surface area contributed by atoms with Crippen molar-refractivity contribution in [1.29, 1.82) is 0 Å². The zero-order chi connectivity index (χ0) is 14.5. The molecular weight excluding hydrogens is 320 g/mol. The Morgan fingerprint density at radius 1 is 1.40 bits per heavy atom. The summed E-state index contributed by atoms with van der Waals surface area (Å²) < 4.78 is 8.08. The van der Waals surface area contributed by atoms with Crippen LogP contribution in [0.15, 0.2) is 29.0 Å². The van der Waals surface area contributed by atoms with E-state index in [0.717, 1.165) is 28.2 Å². The molecule has 2 aromatic rings. The third-order valence-corrected chi connectivity index (χ3v) is 3.53. The Labute approximate surface area is 127 Å². The number of hydrogen-bond donors (Lipinski definition) is 1. The number of nitrogens with zero attached hydrogens (tertiary/aromatic N) is 3. The van der Waals surface area contributed by atoms with Gasteiger partial charge < -0.3 is 10.1 Å². The van der Waals surface area contributed by atoms with Crippen molar-refractivity contribution < 1.29 is 4.74 Å². The molecular formula is C14H19BrN4O. The number of benzene rings is 1. The summed E-state index contributed by atoms with van der Waals surface area (Å²) in [6.07, 6.45) is 1.59. The van der Waals surface area contributed by atoms with Crippen molar-refractivity contribution in [3.63, 3.8) is 0 Å². The smallest absolute Gasteiger partial charge is 0.141 e. The van der Waals surface area contributed by atoms with Crippen molar-refractivity contribution in [2.75, 3.05) is 7.11 Å². The van der Waals surface area contributed by atoms with Gasteiger partial charge in [0.2, 0.25) is 0 Å². The molecule has 5 nitrogen and oxygen atoms in total. The van der Waals surface area contributed by atoms with Gasteiger partial charge in [-0.3, -0.25) is 0 Å². The monoisotopic (exact) mass is 338 g/mol. The van der Waals surface area contributed by atoms with Crippen LogP contribution in [-0.2, 0) is 13.1 Å². The van der Waals surface area contributed by atoms with E-state index in [4.69, 9.17) is 4.74 Å². The van der Waals surface area contributed by atoms with Crippen LogP contribution in [0, 0.1) is 0 Å². The van der Waals surface area contributed by atoms with Crippen LogP contribution in [-0.4, -0.2) is 27.9 Å². The molecule has 0 aliphatic carbocycles. The number of nitrogens with one attached hydrogen (secondary N) is 1. The standard InChI is InChI=1S/C14H19BrN4O/c1-10(2)16-7-14-17-9-18-19(14)8-11-4-5-13(20-3)12(15)6-11/h4-6,9-10,16H,7-8H2,1-3H3. The van der Waals surface area contributed by atoms with Gasteiger partial charge in [-0.1, -0.05) is 19.9 Å². The maximum atomic E-state index is 5.23. The van der Waals surface area contributed by atoms with Gasteiger partial charge in [-0.25, -0.2) is 9.67 Å². The zero-order valence-electron chi connectivity index (χ0n) is 11.9. The first-order valence-electron chi connectivity index (χ1n) is 6.52. The molecule has 0 saturated carbocycles. The van der Waals surface area contributed by atoms with Crippen LogP contribution in [0.5, 0.6) is 5.75 Å². The van der Waals surface area contributed by atoms with E-state index in [0.29, 0.717) is 12.6 Å². The molecule has 0 radical (unpaired) electrons. The molecule has 6 heteroatoms. The van der Waals surface area contributed by atoms with Crippen LogP contribution < -0.4 is 10.1 Å². The second kappa shape index (κ2) is 6.85. The molecule has 20 heavy (non-hydrogen) atoms. The number of halogens is 1. The molecule has 0 atom stereocenters. The Morgan fingerprint density at radius 3 is 2.85 bits per heavy atom. The summed E-state index contributed by atoms with van der Waals surface area (Å²) in [4.78, 5) is 4.29. The fourth-order valence-electron chi connectivity index (χ4n) is 1.83. The Morgan fingerprint density at radius 2 is 2.20 bits per heavy atom. The predicted molar refractivity (Wildman–Crippen MR) is 81.8 cm³/mol. The highest BCUT2D eigenvalue weighted by atomic mass is 79.9. The first-order chi connectivity index (χ1) is 9.60. The van der Waals surface area contributed by atoms with Gasteiger partial charge in [-0.05, 0) is 33.6 Å². The van der Waals surface area contributed by atoms with E-state index in [1.807, 2.05) is 22.9 Å². The van der Waals surface area contributed by atoms with Crippen molar-refractivity contribution in [2.24, 2.45) is 0 Å². The number of methoxy groups -OCH3 is 1. The van der Waals surface area contributed by atoms with Crippen molar-refractivity contribution in [3.8, 4) is 5.75 Å². The average Bonchev–Trinajstić information content (AvgIpc) is 2.84. The minimum Gasteiger partial charge on any atom is -0.496 e. The lowest BCUT2D eigenvalue weighted by Crippen LogP contribution is -2.24. The molecule has 1 aromatic carbocycles.